The molecule has 2 heterocycles. The van der Waals surface area contributed by atoms with Crippen molar-refractivity contribution in [3.8, 4) is 0 Å². The van der Waals surface area contributed by atoms with E-state index in [0.29, 0.717) is 16.3 Å². The molecule has 0 aliphatic heterocycles. The zero-order chi connectivity index (χ0) is 29.6. The van der Waals surface area contributed by atoms with Gasteiger partial charge in [0, 0.05) is 53.8 Å². The molecular weight excluding hydrogens is 536 g/mol. The lowest BCUT2D eigenvalue weighted by atomic mass is 9.81. The molecule has 4 nitrogen and oxygen atoms in total. The summed E-state index contributed by atoms with van der Waals surface area (Å²) >= 11 is 1.82. The quantitative estimate of drug-likeness (QED) is 0.151. The molecule has 0 unspecified atom stereocenters. The zero-order valence-electron chi connectivity index (χ0n) is 24.8. The van der Waals surface area contributed by atoms with Crippen molar-refractivity contribution in [3.63, 3.8) is 0 Å². The van der Waals surface area contributed by atoms with Crippen molar-refractivity contribution in [2.75, 3.05) is 5.32 Å². The maximum Gasteiger partial charge on any atom is 0.197 e. The van der Waals surface area contributed by atoms with Crippen molar-refractivity contribution in [1.82, 2.24) is 4.98 Å². The van der Waals surface area contributed by atoms with E-state index in [1.807, 2.05) is 47.7 Å². The molecule has 0 spiro atoms. The lowest BCUT2D eigenvalue weighted by Crippen LogP contribution is -2.19. The van der Waals surface area contributed by atoms with Crippen LogP contribution in [0.4, 0.5) is 5.69 Å². The van der Waals surface area contributed by atoms with E-state index >= 15 is 0 Å². The number of hydrogen-bond donors (Lipinski definition) is 2. The standard InChI is InChI=1S/C37H36N2O2S/c1-23(40)27-17-15-24(21-31(27)38-26-11-7-6-8-12-26)36(2,3)33-19-20-34(42-33)37(4,5)25-16-18-29-32(22-25)39-30-14-10-9-13-28(30)35(29)41/h7,9-22,38H,6,8H2,1-5H3,(H,39,41). The van der Waals surface area contributed by atoms with Gasteiger partial charge >= 0.3 is 0 Å². The molecule has 5 heteroatoms. The molecule has 212 valence electrons. The van der Waals surface area contributed by atoms with Crippen molar-refractivity contribution < 1.29 is 4.79 Å². The molecule has 1 aliphatic rings. The van der Waals surface area contributed by atoms with E-state index in [4.69, 9.17) is 0 Å². The van der Waals surface area contributed by atoms with E-state index in [0.717, 1.165) is 46.4 Å². The number of aromatic amines is 1. The highest BCUT2D eigenvalue weighted by atomic mass is 32.1. The van der Waals surface area contributed by atoms with Crippen molar-refractivity contribution >= 4 is 44.6 Å². The Hall–Kier alpha value is -4.22. The number of carbonyl (C=O) groups is 1. The van der Waals surface area contributed by atoms with E-state index in [1.54, 1.807) is 6.92 Å². The summed E-state index contributed by atoms with van der Waals surface area (Å²) in [5.74, 6) is 0.0483. The Morgan fingerprint density at radius 3 is 2.17 bits per heavy atom. The largest absolute Gasteiger partial charge is 0.355 e. The second-order valence-corrected chi connectivity index (χ2v) is 13.3. The lowest BCUT2D eigenvalue weighted by molar-refractivity contribution is 0.101. The first kappa shape index (κ1) is 27.9. The number of nitrogens with one attached hydrogen (secondary N) is 2. The minimum absolute atomic E-state index is 0.0483. The van der Waals surface area contributed by atoms with Crippen LogP contribution in [-0.4, -0.2) is 10.8 Å². The predicted molar refractivity (Wildman–Crippen MR) is 177 cm³/mol. The van der Waals surface area contributed by atoms with Gasteiger partial charge in [0.1, 0.15) is 0 Å². The van der Waals surface area contributed by atoms with E-state index in [-0.39, 0.29) is 22.0 Å². The Balaban J connectivity index is 1.35. The number of aromatic nitrogens is 1. The molecule has 0 atom stereocenters. The number of para-hydroxylation sites is 1. The molecule has 0 amide bonds. The van der Waals surface area contributed by atoms with E-state index in [9.17, 15) is 9.59 Å². The fourth-order valence-electron chi connectivity index (χ4n) is 5.81. The van der Waals surface area contributed by atoms with E-state index in [2.05, 4.69) is 92.6 Å². The number of H-pyrrole nitrogens is 1. The molecule has 0 saturated heterocycles. The van der Waals surface area contributed by atoms with Crippen molar-refractivity contribution in [2.24, 2.45) is 0 Å². The molecule has 6 rings (SSSR count). The third-order valence-electron chi connectivity index (χ3n) is 8.66. The Bertz CT molecular complexity index is 1970. The SMILES string of the molecule is CC(=O)c1ccc(C(C)(C)c2ccc(C(C)(C)c3ccc4c(=O)c5ccccc5[nH]c4c3)s2)cc1NC1=CCCC=C1. The maximum absolute atomic E-state index is 13.1. The zero-order valence-corrected chi connectivity index (χ0v) is 25.6. The number of anilines is 1. The number of benzene rings is 3. The van der Waals surface area contributed by atoms with Gasteiger partial charge in [0.25, 0.3) is 0 Å². The molecule has 3 aromatic carbocycles. The van der Waals surface area contributed by atoms with Gasteiger partial charge in [0.15, 0.2) is 11.2 Å². The van der Waals surface area contributed by atoms with E-state index in [1.165, 1.54) is 9.75 Å². The number of fused-ring (bicyclic) bond motifs is 2. The molecule has 1 aliphatic carbocycles. The van der Waals surface area contributed by atoms with Gasteiger partial charge in [-0.05, 0) is 85.5 Å². The van der Waals surface area contributed by atoms with Gasteiger partial charge in [-0.2, -0.15) is 0 Å². The van der Waals surface area contributed by atoms with Crippen LogP contribution in [0, 0.1) is 0 Å². The Kier molecular flexibility index (Phi) is 7.02. The summed E-state index contributed by atoms with van der Waals surface area (Å²) in [5.41, 5.74) is 6.11. The molecule has 2 aromatic heterocycles. The summed E-state index contributed by atoms with van der Waals surface area (Å²) in [6.07, 6.45) is 8.47. The number of rotatable bonds is 7. The van der Waals surface area contributed by atoms with Crippen LogP contribution in [0.5, 0.6) is 0 Å². The smallest absolute Gasteiger partial charge is 0.197 e. The number of Topliss-reactive ketones (excluding diaryl/α,β-unsaturated/α-hetero) is 1. The van der Waals surface area contributed by atoms with Crippen LogP contribution < -0.4 is 10.7 Å². The lowest BCUT2D eigenvalue weighted by Gasteiger charge is -2.27. The fourth-order valence-corrected chi connectivity index (χ4v) is 7.07. The van der Waals surface area contributed by atoms with Crippen LogP contribution in [-0.2, 0) is 10.8 Å². The molecule has 0 bridgehead atoms. The summed E-state index contributed by atoms with van der Waals surface area (Å²) < 4.78 is 0. The number of hydrogen-bond acceptors (Lipinski definition) is 4. The van der Waals surface area contributed by atoms with Gasteiger partial charge < -0.3 is 10.3 Å². The first-order chi connectivity index (χ1) is 20.1. The van der Waals surface area contributed by atoms with Crippen LogP contribution in [0.3, 0.4) is 0 Å². The number of thiophene rings is 1. The van der Waals surface area contributed by atoms with Gasteiger partial charge in [-0.15, -0.1) is 11.3 Å². The molecule has 0 fully saturated rings. The van der Waals surface area contributed by atoms with Gasteiger partial charge in [-0.1, -0.05) is 64.1 Å². The van der Waals surface area contributed by atoms with Crippen LogP contribution in [0.2, 0.25) is 0 Å². The molecule has 2 N–H and O–H groups in total. The number of ketones is 1. The third kappa shape index (κ3) is 4.92. The normalized spacial score (nSPS) is 13.9. The fraction of sp³-hybridized carbons (Fsp3) is 0.243. The van der Waals surface area contributed by atoms with Gasteiger partial charge in [-0.3, -0.25) is 9.59 Å². The maximum atomic E-state index is 13.1. The predicted octanol–water partition coefficient (Wildman–Crippen LogP) is 9.24. The average Bonchev–Trinajstić information content (AvgIpc) is 3.50. The Morgan fingerprint density at radius 2 is 1.48 bits per heavy atom. The minimum Gasteiger partial charge on any atom is -0.355 e. The number of pyridine rings is 1. The first-order valence-corrected chi connectivity index (χ1v) is 15.3. The highest BCUT2D eigenvalue weighted by Gasteiger charge is 2.31. The van der Waals surface area contributed by atoms with Gasteiger partial charge in [0.2, 0.25) is 0 Å². The monoisotopic (exact) mass is 572 g/mol. The van der Waals surface area contributed by atoms with Crippen molar-refractivity contribution in [1.29, 1.82) is 0 Å². The highest BCUT2D eigenvalue weighted by Crippen LogP contribution is 2.43. The third-order valence-corrected chi connectivity index (χ3v) is 10.4. The number of carbonyl (C=O) groups excluding carboxylic acids is 1. The van der Waals surface area contributed by atoms with Gasteiger partial charge in [-0.25, -0.2) is 0 Å². The summed E-state index contributed by atoms with van der Waals surface area (Å²) in [6.45, 7) is 10.6. The average molecular weight is 573 g/mol. The summed E-state index contributed by atoms with van der Waals surface area (Å²) in [4.78, 5) is 31.6. The Labute approximate surface area is 250 Å². The molecule has 0 radical (unpaired) electrons. The van der Waals surface area contributed by atoms with Crippen LogP contribution in [0.1, 0.15) is 78.7 Å². The minimum atomic E-state index is -0.269. The number of allylic oxidation sites excluding steroid dienone is 3. The van der Waals surface area contributed by atoms with Crippen LogP contribution in [0.25, 0.3) is 21.8 Å². The molecular formula is C37H36N2O2S. The second kappa shape index (κ2) is 10.6. The topological polar surface area (TPSA) is 62.0 Å². The summed E-state index contributed by atoms with van der Waals surface area (Å²) in [7, 11) is 0. The van der Waals surface area contributed by atoms with E-state index < -0.39 is 0 Å². The Morgan fingerprint density at radius 1 is 0.810 bits per heavy atom. The highest BCUT2D eigenvalue weighted by molar-refractivity contribution is 7.12. The molecule has 0 saturated carbocycles. The van der Waals surface area contributed by atoms with Crippen LogP contribution >= 0.6 is 11.3 Å². The summed E-state index contributed by atoms with van der Waals surface area (Å²) in [6, 6.07) is 24.5. The second-order valence-electron chi connectivity index (χ2n) is 12.3. The van der Waals surface area contributed by atoms with Crippen molar-refractivity contribution in [2.45, 2.75) is 58.3 Å². The first-order valence-electron chi connectivity index (χ1n) is 14.5. The summed E-state index contributed by atoms with van der Waals surface area (Å²) in [5, 5.41) is 4.93. The van der Waals surface area contributed by atoms with Crippen LogP contribution in [0.15, 0.2) is 102 Å². The molecule has 42 heavy (non-hydrogen) atoms. The van der Waals surface area contributed by atoms with Gasteiger partial charge in [0.05, 0.1) is 5.52 Å². The molecule has 5 aromatic rings. The van der Waals surface area contributed by atoms with Crippen molar-refractivity contribution in [3.05, 3.63) is 133 Å².